The first-order valence-corrected chi connectivity index (χ1v) is 4.92. The van der Waals surface area contributed by atoms with Crippen molar-refractivity contribution in [3.05, 3.63) is 29.4 Å². The van der Waals surface area contributed by atoms with Crippen molar-refractivity contribution in [3.63, 3.8) is 0 Å². The third kappa shape index (κ3) is 0.986. The second-order valence-electron chi connectivity index (χ2n) is 2.87. The van der Waals surface area contributed by atoms with Crippen LogP contribution in [-0.4, -0.2) is 17.9 Å². The molecule has 3 heterocycles. The summed E-state index contributed by atoms with van der Waals surface area (Å²) in [7, 11) is 0. The summed E-state index contributed by atoms with van der Waals surface area (Å²) >= 11 is 1.66. The van der Waals surface area contributed by atoms with E-state index in [2.05, 4.69) is 26.4 Å². The molecule has 0 aliphatic carbocycles. The van der Waals surface area contributed by atoms with E-state index in [1.807, 2.05) is 18.5 Å². The molecular weight excluding hydrogens is 182 g/mol. The average Bonchev–Trinajstić information content (AvgIpc) is 2.65. The number of hydrogen-bond donors (Lipinski definition) is 0. The third-order valence-corrected chi connectivity index (χ3v) is 2.99. The first kappa shape index (κ1) is 7.15. The minimum absolute atomic E-state index is 0.727. The Labute approximate surface area is 80.2 Å². The highest BCUT2D eigenvalue weighted by Crippen LogP contribution is 2.37. The van der Waals surface area contributed by atoms with Gasteiger partial charge in [0.1, 0.15) is 11.7 Å². The lowest BCUT2D eigenvalue weighted by atomic mass is 10.3. The molecule has 0 radical (unpaired) electrons. The summed E-state index contributed by atoms with van der Waals surface area (Å²) in [5.74, 6) is 0. The first-order valence-electron chi connectivity index (χ1n) is 4.04. The van der Waals surface area contributed by atoms with Crippen molar-refractivity contribution in [2.75, 3.05) is 11.6 Å². The Hall–Kier alpha value is -1.29. The SMILES string of the molecule is C1=NCN2C1=CSc1ncccc12. The van der Waals surface area contributed by atoms with Crippen LogP contribution in [0.1, 0.15) is 0 Å². The minimum Gasteiger partial charge on any atom is -0.317 e. The summed E-state index contributed by atoms with van der Waals surface area (Å²) in [6.07, 6.45) is 3.73. The van der Waals surface area contributed by atoms with Gasteiger partial charge in [-0.2, -0.15) is 0 Å². The highest BCUT2D eigenvalue weighted by molar-refractivity contribution is 8.02. The van der Waals surface area contributed by atoms with Gasteiger partial charge in [0.25, 0.3) is 0 Å². The van der Waals surface area contributed by atoms with Gasteiger partial charge in [-0.3, -0.25) is 4.99 Å². The van der Waals surface area contributed by atoms with E-state index in [1.165, 1.54) is 11.4 Å². The number of allylic oxidation sites excluding steroid dienone is 1. The number of aromatic nitrogens is 1. The molecule has 0 atom stereocenters. The zero-order valence-electron chi connectivity index (χ0n) is 6.84. The summed E-state index contributed by atoms with van der Waals surface area (Å²) in [6, 6.07) is 4.04. The maximum absolute atomic E-state index is 4.30. The van der Waals surface area contributed by atoms with Crippen LogP contribution in [0.3, 0.4) is 0 Å². The molecule has 1 aromatic heterocycles. The Kier molecular flexibility index (Phi) is 1.43. The van der Waals surface area contributed by atoms with Gasteiger partial charge < -0.3 is 4.90 Å². The number of anilines is 1. The Morgan fingerprint density at radius 1 is 1.46 bits per heavy atom. The number of hydrogen-bond acceptors (Lipinski definition) is 4. The Bertz CT molecular complexity index is 411. The largest absolute Gasteiger partial charge is 0.317 e. The number of thioether (sulfide) groups is 1. The lowest BCUT2D eigenvalue weighted by Crippen LogP contribution is -2.20. The number of rotatable bonds is 0. The normalized spacial score (nSPS) is 18.2. The molecule has 64 valence electrons. The Morgan fingerprint density at radius 3 is 3.46 bits per heavy atom. The molecule has 0 unspecified atom stereocenters. The van der Waals surface area contributed by atoms with Crippen LogP contribution < -0.4 is 4.90 Å². The van der Waals surface area contributed by atoms with E-state index in [4.69, 9.17) is 0 Å². The molecule has 3 nitrogen and oxygen atoms in total. The Balaban J connectivity index is 2.14. The molecule has 0 fully saturated rings. The van der Waals surface area contributed by atoms with Gasteiger partial charge >= 0.3 is 0 Å². The quantitative estimate of drug-likeness (QED) is 0.623. The van der Waals surface area contributed by atoms with Gasteiger partial charge in [-0.1, -0.05) is 11.8 Å². The first-order chi connectivity index (χ1) is 6.45. The van der Waals surface area contributed by atoms with Crippen molar-refractivity contribution >= 4 is 23.7 Å². The Morgan fingerprint density at radius 2 is 2.46 bits per heavy atom. The van der Waals surface area contributed by atoms with Gasteiger partial charge in [0, 0.05) is 17.8 Å². The molecule has 0 saturated carbocycles. The lowest BCUT2D eigenvalue weighted by Gasteiger charge is -2.23. The van der Waals surface area contributed by atoms with Crippen LogP contribution in [0.4, 0.5) is 5.69 Å². The van der Waals surface area contributed by atoms with Crippen LogP contribution in [0.15, 0.2) is 39.5 Å². The van der Waals surface area contributed by atoms with E-state index in [0.717, 1.165) is 11.7 Å². The van der Waals surface area contributed by atoms with Crippen LogP contribution in [0.25, 0.3) is 0 Å². The standard InChI is InChI=1S/C9H7N3S/c1-2-8-9(11-3-1)13-5-7-4-10-6-12(7)8/h1-5H,6H2. The fourth-order valence-corrected chi connectivity index (χ4v) is 2.31. The molecule has 1 aromatic rings. The minimum atomic E-state index is 0.727. The number of pyridine rings is 1. The van der Waals surface area contributed by atoms with Crippen molar-refractivity contribution in [2.24, 2.45) is 4.99 Å². The molecule has 0 aromatic carbocycles. The highest BCUT2D eigenvalue weighted by Gasteiger charge is 2.22. The molecular formula is C9H7N3S. The van der Waals surface area contributed by atoms with E-state index in [-0.39, 0.29) is 0 Å². The number of aliphatic imine (C=N–C) groups is 1. The topological polar surface area (TPSA) is 28.5 Å². The molecule has 4 heteroatoms. The predicted octanol–water partition coefficient (Wildman–Crippen LogP) is 1.88. The second kappa shape index (κ2) is 2.60. The maximum atomic E-state index is 4.30. The maximum Gasteiger partial charge on any atom is 0.124 e. The predicted molar refractivity (Wildman–Crippen MR) is 54.0 cm³/mol. The molecule has 13 heavy (non-hydrogen) atoms. The van der Waals surface area contributed by atoms with Crippen molar-refractivity contribution in [2.45, 2.75) is 5.03 Å². The smallest absolute Gasteiger partial charge is 0.124 e. The molecule has 0 bridgehead atoms. The van der Waals surface area contributed by atoms with E-state index in [9.17, 15) is 0 Å². The lowest BCUT2D eigenvalue weighted by molar-refractivity contribution is 0.957. The monoisotopic (exact) mass is 189 g/mol. The molecule has 0 amide bonds. The summed E-state index contributed by atoms with van der Waals surface area (Å²) in [5, 5.41) is 3.16. The summed E-state index contributed by atoms with van der Waals surface area (Å²) in [6.45, 7) is 0.727. The highest BCUT2D eigenvalue weighted by atomic mass is 32.2. The van der Waals surface area contributed by atoms with Crippen LogP contribution in [0.5, 0.6) is 0 Å². The van der Waals surface area contributed by atoms with Crippen LogP contribution in [0.2, 0.25) is 0 Å². The van der Waals surface area contributed by atoms with Gasteiger partial charge in [0.05, 0.1) is 11.4 Å². The summed E-state index contributed by atoms with van der Waals surface area (Å²) in [4.78, 5) is 10.7. The molecule has 2 aliphatic rings. The van der Waals surface area contributed by atoms with E-state index < -0.39 is 0 Å². The fourth-order valence-electron chi connectivity index (χ4n) is 1.47. The molecule has 3 rings (SSSR count). The van der Waals surface area contributed by atoms with Crippen molar-refractivity contribution in [1.82, 2.24) is 4.98 Å². The van der Waals surface area contributed by atoms with Gasteiger partial charge in [-0.25, -0.2) is 4.98 Å². The van der Waals surface area contributed by atoms with Crippen molar-refractivity contribution in [1.29, 1.82) is 0 Å². The van der Waals surface area contributed by atoms with Crippen molar-refractivity contribution in [3.8, 4) is 0 Å². The van der Waals surface area contributed by atoms with Crippen molar-refractivity contribution < 1.29 is 0 Å². The van der Waals surface area contributed by atoms with E-state index in [1.54, 1.807) is 11.8 Å². The number of fused-ring (bicyclic) bond motifs is 3. The zero-order chi connectivity index (χ0) is 8.67. The molecule has 0 spiro atoms. The molecule has 0 saturated heterocycles. The summed E-state index contributed by atoms with van der Waals surface area (Å²) in [5.41, 5.74) is 2.34. The van der Waals surface area contributed by atoms with Gasteiger partial charge in [0.15, 0.2) is 0 Å². The van der Waals surface area contributed by atoms with Crippen LogP contribution in [0, 0.1) is 0 Å². The molecule has 2 aliphatic heterocycles. The third-order valence-electron chi connectivity index (χ3n) is 2.09. The van der Waals surface area contributed by atoms with Crippen LogP contribution >= 0.6 is 11.8 Å². The van der Waals surface area contributed by atoms with Crippen LogP contribution in [-0.2, 0) is 0 Å². The summed E-state index contributed by atoms with van der Waals surface area (Å²) < 4.78 is 0. The van der Waals surface area contributed by atoms with Gasteiger partial charge in [-0.05, 0) is 12.1 Å². The van der Waals surface area contributed by atoms with Gasteiger partial charge in [0.2, 0.25) is 0 Å². The average molecular weight is 189 g/mol. The molecule has 0 N–H and O–H groups in total. The second-order valence-corrected chi connectivity index (χ2v) is 3.73. The zero-order valence-corrected chi connectivity index (χ0v) is 7.66. The van der Waals surface area contributed by atoms with E-state index in [0.29, 0.717) is 0 Å². The fraction of sp³-hybridized carbons (Fsp3) is 0.111. The number of nitrogens with zero attached hydrogens (tertiary/aromatic N) is 3. The van der Waals surface area contributed by atoms with E-state index >= 15 is 0 Å². The van der Waals surface area contributed by atoms with Gasteiger partial charge in [-0.15, -0.1) is 0 Å².